The molecule has 9 heteroatoms. The molecule has 1 amide bonds. The van der Waals surface area contributed by atoms with Gasteiger partial charge in [0.2, 0.25) is 5.91 Å². The van der Waals surface area contributed by atoms with Crippen LogP contribution in [-0.2, 0) is 14.8 Å². The van der Waals surface area contributed by atoms with Crippen molar-refractivity contribution in [2.45, 2.75) is 21.3 Å². The van der Waals surface area contributed by atoms with Crippen molar-refractivity contribution in [3.63, 3.8) is 0 Å². The first-order chi connectivity index (χ1) is 16.8. The Labute approximate surface area is 212 Å². The van der Waals surface area contributed by atoms with Crippen LogP contribution in [0.3, 0.4) is 0 Å². The smallest absolute Gasteiger partial charge is 0.271 e. The van der Waals surface area contributed by atoms with E-state index in [1.165, 1.54) is 18.7 Å². The maximum absolute atomic E-state index is 13.2. The van der Waals surface area contributed by atoms with Crippen molar-refractivity contribution in [3.8, 4) is 0 Å². The molecule has 2 N–H and O–H groups in total. The number of thiophene rings is 1. The summed E-state index contributed by atoms with van der Waals surface area (Å²) in [7, 11) is -3.63. The summed E-state index contributed by atoms with van der Waals surface area (Å²) in [4.78, 5) is 25.5. The van der Waals surface area contributed by atoms with Crippen LogP contribution in [0.2, 0.25) is 0 Å². The Balaban J connectivity index is 1.50. The Morgan fingerprint density at radius 3 is 2.09 bits per heavy atom. The molecule has 1 aromatic heterocycles. The van der Waals surface area contributed by atoms with Crippen LogP contribution >= 0.6 is 23.1 Å². The molecule has 0 saturated carbocycles. The minimum atomic E-state index is -3.63. The summed E-state index contributed by atoms with van der Waals surface area (Å²) >= 11 is 2.51. The van der Waals surface area contributed by atoms with Crippen molar-refractivity contribution in [1.29, 1.82) is 0 Å². The number of carbonyl (C=O) groups is 2. The Bertz CT molecular complexity index is 1400. The van der Waals surface area contributed by atoms with Crippen molar-refractivity contribution in [3.05, 3.63) is 108 Å². The molecule has 0 saturated heterocycles. The van der Waals surface area contributed by atoms with E-state index in [0.29, 0.717) is 16.9 Å². The molecule has 0 fully saturated rings. The lowest BCUT2D eigenvalue weighted by atomic mass is 10.1. The van der Waals surface area contributed by atoms with Crippen LogP contribution in [-0.4, -0.2) is 20.1 Å². The van der Waals surface area contributed by atoms with Gasteiger partial charge in [-0.05, 0) is 72.5 Å². The molecule has 0 radical (unpaired) electrons. The van der Waals surface area contributed by atoms with Crippen molar-refractivity contribution in [1.82, 2.24) is 0 Å². The third-order valence-electron chi connectivity index (χ3n) is 5.02. The highest BCUT2D eigenvalue weighted by Crippen LogP contribution is 2.37. The number of thioether (sulfide) groups is 1. The molecular weight excluding hydrogens is 500 g/mol. The number of rotatable bonds is 9. The topological polar surface area (TPSA) is 92.3 Å². The van der Waals surface area contributed by atoms with Crippen molar-refractivity contribution < 1.29 is 18.0 Å². The van der Waals surface area contributed by atoms with E-state index >= 15 is 0 Å². The van der Waals surface area contributed by atoms with Gasteiger partial charge in [0.25, 0.3) is 10.0 Å². The Kier molecular flexibility index (Phi) is 7.70. The van der Waals surface area contributed by atoms with Gasteiger partial charge in [-0.3, -0.25) is 14.3 Å². The fourth-order valence-corrected chi connectivity index (χ4v) is 6.33. The molecule has 0 aliphatic rings. The molecule has 178 valence electrons. The summed E-state index contributed by atoms with van der Waals surface area (Å²) in [6.45, 7) is 1.49. The minimum Gasteiger partial charge on any atom is -0.325 e. The predicted molar refractivity (Wildman–Crippen MR) is 142 cm³/mol. The van der Waals surface area contributed by atoms with Crippen molar-refractivity contribution in [2.75, 3.05) is 10.0 Å². The van der Waals surface area contributed by atoms with E-state index in [0.717, 1.165) is 21.8 Å². The zero-order chi connectivity index (χ0) is 24.8. The van der Waals surface area contributed by atoms with E-state index in [9.17, 15) is 18.0 Å². The van der Waals surface area contributed by atoms with Gasteiger partial charge in [-0.2, -0.15) is 0 Å². The van der Waals surface area contributed by atoms with Crippen molar-refractivity contribution >= 4 is 56.2 Å². The minimum absolute atomic E-state index is 0.0401. The van der Waals surface area contributed by atoms with Crippen LogP contribution in [0.1, 0.15) is 28.1 Å². The monoisotopic (exact) mass is 522 g/mol. The second kappa shape index (κ2) is 10.9. The van der Waals surface area contributed by atoms with Crippen LogP contribution in [0.25, 0.3) is 0 Å². The standard InChI is InChI=1S/C26H22N2O4S3/c1-18(29)19-9-11-21(12-10-19)27-26(30)25(20-6-3-2-4-7-20)34-23-15-13-22(14-16-23)28-35(31,32)24-8-5-17-33-24/h2-17,25,28H,1H3,(H,27,30). The molecule has 3 aromatic carbocycles. The van der Waals surface area contributed by atoms with Crippen LogP contribution in [0.4, 0.5) is 11.4 Å². The highest BCUT2D eigenvalue weighted by molar-refractivity contribution is 8.00. The van der Waals surface area contributed by atoms with Gasteiger partial charge in [0, 0.05) is 21.8 Å². The van der Waals surface area contributed by atoms with E-state index in [1.54, 1.807) is 66.0 Å². The number of Topliss-reactive ketones (excluding diaryl/α,β-unsaturated/α-hetero) is 1. The van der Waals surface area contributed by atoms with Crippen LogP contribution in [0.15, 0.2) is 105 Å². The van der Waals surface area contributed by atoms with Gasteiger partial charge < -0.3 is 5.32 Å². The van der Waals surface area contributed by atoms with Crippen molar-refractivity contribution in [2.24, 2.45) is 0 Å². The number of hydrogen-bond donors (Lipinski definition) is 2. The molecule has 1 atom stereocenters. The van der Waals surface area contributed by atoms with Crippen LogP contribution in [0, 0.1) is 0 Å². The number of ketones is 1. The molecule has 0 spiro atoms. The quantitative estimate of drug-likeness (QED) is 0.201. The Hall–Kier alpha value is -3.40. The van der Waals surface area contributed by atoms with Gasteiger partial charge in [0.15, 0.2) is 5.78 Å². The lowest BCUT2D eigenvalue weighted by Gasteiger charge is -2.17. The molecule has 0 bridgehead atoms. The van der Waals surface area contributed by atoms with Crippen LogP contribution in [0.5, 0.6) is 0 Å². The molecule has 1 heterocycles. The maximum Gasteiger partial charge on any atom is 0.271 e. The summed E-state index contributed by atoms with van der Waals surface area (Å²) in [5.41, 5.74) is 2.44. The van der Waals surface area contributed by atoms with Crippen LogP contribution < -0.4 is 10.0 Å². The lowest BCUT2D eigenvalue weighted by Crippen LogP contribution is -2.19. The Morgan fingerprint density at radius 2 is 1.49 bits per heavy atom. The first-order valence-corrected chi connectivity index (χ1v) is 13.9. The lowest BCUT2D eigenvalue weighted by molar-refractivity contribution is -0.115. The molecule has 0 aliphatic heterocycles. The molecule has 35 heavy (non-hydrogen) atoms. The van der Waals surface area contributed by atoms with E-state index in [4.69, 9.17) is 0 Å². The number of anilines is 2. The van der Waals surface area contributed by atoms with E-state index in [1.807, 2.05) is 30.3 Å². The third-order valence-corrected chi connectivity index (χ3v) is 9.06. The van der Waals surface area contributed by atoms with E-state index in [2.05, 4.69) is 10.0 Å². The van der Waals surface area contributed by atoms with Gasteiger partial charge >= 0.3 is 0 Å². The first kappa shape index (κ1) is 24.7. The zero-order valence-corrected chi connectivity index (χ0v) is 21.1. The number of nitrogens with one attached hydrogen (secondary N) is 2. The summed E-state index contributed by atoms with van der Waals surface area (Å²) in [6, 6.07) is 26.3. The third kappa shape index (κ3) is 6.39. The van der Waals surface area contributed by atoms with Gasteiger partial charge in [-0.15, -0.1) is 23.1 Å². The second-order valence-electron chi connectivity index (χ2n) is 7.59. The molecule has 0 aliphatic carbocycles. The molecule has 4 aromatic rings. The van der Waals surface area contributed by atoms with E-state index < -0.39 is 15.3 Å². The number of sulfonamides is 1. The number of hydrogen-bond acceptors (Lipinski definition) is 6. The fourth-order valence-electron chi connectivity index (χ4n) is 3.26. The fraction of sp³-hybridized carbons (Fsp3) is 0.0769. The average Bonchev–Trinajstić information content (AvgIpc) is 3.40. The molecule has 6 nitrogen and oxygen atoms in total. The predicted octanol–water partition coefficient (Wildman–Crippen LogP) is 6.22. The number of benzene rings is 3. The number of carbonyl (C=O) groups excluding carboxylic acids is 2. The van der Waals surface area contributed by atoms with Gasteiger partial charge in [-0.1, -0.05) is 36.4 Å². The van der Waals surface area contributed by atoms with E-state index in [-0.39, 0.29) is 15.9 Å². The molecule has 1 unspecified atom stereocenters. The Morgan fingerprint density at radius 1 is 0.829 bits per heavy atom. The summed E-state index contributed by atoms with van der Waals surface area (Å²) in [6.07, 6.45) is 0. The highest BCUT2D eigenvalue weighted by atomic mass is 32.2. The van der Waals surface area contributed by atoms with Gasteiger partial charge in [-0.25, -0.2) is 8.42 Å². The highest BCUT2D eigenvalue weighted by Gasteiger charge is 2.22. The summed E-state index contributed by atoms with van der Waals surface area (Å²) < 4.78 is 27.7. The molecule has 4 rings (SSSR count). The molecular formula is C26H22N2O4S3. The first-order valence-electron chi connectivity index (χ1n) is 10.6. The average molecular weight is 523 g/mol. The van der Waals surface area contributed by atoms with Gasteiger partial charge in [0.1, 0.15) is 9.46 Å². The normalized spacial score (nSPS) is 12.0. The summed E-state index contributed by atoms with van der Waals surface area (Å²) in [5.74, 6) is -0.249. The van der Waals surface area contributed by atoms with Gasteiger partial charge in [0.05, 0.1) is 0 Å². The second-order valence-corrected chi connectivity index (χ2v) is 11.6. The summed E-state index contributed by atoms with van der Waals surface area (Å²) in [5, 5.41) is 4.09. The number of amides is 1. The SMILES string of the molecule is CC(=O)c1ccc(NC(=O)C(Sc2ccc(NS(=O)(=O)c3cccs3)cc2)c2ccccc2)cc1. The largest absolute Gasteiger partial charge is 0.325 e. The maximum atomic E-state index is 13.2. The zero-order valence-electron chi connectivity index (χ0n) is 18.7.